The zero-order valence-corrected chi connectivity index (χ0v) is 10.6. The van der Waals surface area contributed by atoms with E-state index in [9.17, 15) is 0 Å². The predicted octanol–water partition coefficient (Wildman–Crippen LogP) is 2.40. The third-order valence-electron chi connectivity index (χ3n) is 4.50. The molecule has 2 unspecified atom stereocenters. The van der Waals surface area contributed by atoms with Gasteiger partial charge in [0.15, 0.2) is 0 Å². The summed E-state index contributed by atoms with van der Waals surface area (Å²) in [6.45, 7) is 1.15. The maximum Gasteiger partial charge on any atom is 0.0239 e. The van der Waals surface area contributed by atoms with Gasteiger partial charge in [0.2, 0.25) is 0 Å². The summed E-state index contributed by atoms with van der Waals surface area (Å²) in [4.78, 5) is 2.74. The van der Waals surface area contributed by atoms with Gasteiger partial charge in [0.05, 0.1) is 0 Å². The fraction of sp³-hybridized carbons (Fsp3) is 0.600. The molecule has 0 aliphatic carbocycles. The van der Waals surface area contributed by atoms with E-state index >= 15 is 0 Å². The van der Waals surface area contributed by atoms with Gasteiger partial charge in [-0.2, -0.15) is 0 Å². The summed E-state index contributed by atoms with van der Waals surface area (Å²) in [5.41, 5.74) is 1.47. The van der Waals surface area contributed by atoms with Crippen molar-refractivity contribution >= 4 is 0 Å². The van der Waals surface area contributed by atoms with Crippen molar-refractivity contribution in [3.63, 3.8) is 0 Å². The van der Waals surface area contributed by atoms with Crippen LogP contribution in [-0.4, -0.2) is 30.1 Å². The van der Waals surface area contributed by atoms with Crippen LogP contribution in [0.1, 0.15) is 31.2 Å². The summed E-state index contributed by atoms with van der Waals surface area (Å²) in [7, 11) is 2.11. The Labute approximate surface area is 104 Å². The van der Waals surface area contributed by atoms with E-state index in [1.54, 1.807) is 0 Å². The van der Waals surface area contributed by atoms with E-state index in [4.69, 9.17) is 0 Å². The second-order valence-corrected chi connectivity index (χ2v) is 5.50. The molecule has 2 saturated heterocycles. The molecule has 0 spiro atoms. The zero-order chi connectivity index (χ0) is 11.7. The molecule has 2 aliphatic heterocycles. The van der Waals surface area contributed by atoms with Gasteiger partial charge in [-0.25, -0.2) is 0 Å². The topological polar surface area (TPSA) is 15.3 Å². The molecule has 2 atom stereocenters. The van der Waals surface area contributed by atoms with Crippen molar-refractivity contribution in [1.82, 2.24) is 10.2 Å². The SMILES string of the molecule is CNC1CC2CCC(C1)N2Cc1ccccc1. The summed E-state index contributed by atoms with van der Waals surface area (Å²) >= 11 is 0. The van der Waals surface area contributed by atoms with Crippen molar-refractivity contribution in [3.05, 3.63) is 35.9 Å². The monoisotopic (exact) mass is 230 g/mol. The molecule has 1 N–H and O–H groups in total. The van der Waals surface area contributed by atoms with Gasteiger partial charge in [0.25, 0.3) is 0 Å². The Bertz CT molecular complexity index is 348. The van der Waals surface area contributed by atoms with Crippen LogP contribution >= 0.6 is 0 Å². The number of piperidine rings is 1. The molecule has 2 heterocycles. The molecule has 0 amide bonds. The summed E-state index contributed by atoms with van der Waals surface area (Å²) in [5, 5.41) is 3.46. The minimum absolute atomic E-state index is 0.750. The first-order valence-electron chi connectivity index (χ1n) is 6.84. The fourth-order valence-electron chi connectivity index (χ4n) is 3.56. The van der Waals surface area contributed by atoms with Crippen molar-refractivity contribution in [1.29, 1.82) is 0 Å². The molecule has 1 aromatic rings. The molecule has 92 valence electrons. The second-order valence-electron chi connectivity index (χ2n) is 5.50. The van der Waals surface area contributed by atoms with Gasteiger partial charge in [0, 0.05) is 24.7 Å². The predicted molar refractivity (Wildman–Crippen MR) is 70.9 cm³/mol. The van der Waals surface area contributed by atoms with Gasteiger partial charge >= 0.3 is 0 Å². The van der Waals surface area contributed by atoms with E-state index in [1.165, 1.54) is 31.2 Å². The summed E-state index contributed by atoms with van der Waals surface area (Å²) in [6.07, 6.45) is 5.46. The molecule has 3 rings (SSSR count). The molecule has 0 saturated carbocycles. The number of hydrogen-bond acceptors (Lipinski definition) is 2. The molecular weight excluding hydrogens is 208 g/mol. The van der Waals surface area contributed by atoms with Crippen molar-refractivity contribution in [2.45, 2.75) is 50.4 Å². The Morgan fingerprint density at radius 1 is 1.12 bits per heavy atom. The minimum atomic E-state index is 0.750. The third-order valence-corrected chi connectivity index (χ3v) is 4.50. The first-order chi connectivity index (χ1) is 8.36. The van der Waals surface area contributed by atoms with Crippen molar-refractivity contribution in [2.75, 3.05) is 7.05 Å². The van der Waals surface area contributed by atoms with E-state index in [2.05, 4.69) is 47.6 Å². The van der Waals surface area contributed by atoms with E-state index < -0.39 is 0 Å². The molecule has 0 aromatic heterocycles. The highest BCUT2D eigenvalue weighted by Gasteiger charge is 2.39. The van der Waals surface area contributed by atoms with Crippen LogP contribution < -0.4 is 5.32 Å². The van der Waals surface area contributed by atoms with Crippen LogP contribution in [0.15, 0.2) is 30.3 Å². The van der Waals surface area contributed by atoms with Crippen molar-refractivity contribution in [2.24, 2.45) is 0 Å². The van der Waals surface area contributed by atoms with E-state index in [-0.39, 0.29) is 0 Å². The molecule has 2 aliphatic rings. The van der Waals surface area contributed by atoms with E-state index in [0.29, 0.717) is 0 Å². The van der Waals surface area contributed by atoms with E-state index in [0.717, 1.165) is 24.7 Å². The minimum Gasteiger partial charge on any atom is -0.317 e. The number of benzene rings is 1. The molecule has 2 nitrogen and oxygen atoms in total. The van der Waals surface area contributed by atoms with Crippen LogP contribution in [-0.2, 0) is 6.54 Å². The lowest BCUT2D eigenvalue weighted by Gasteiger charge is -2.39. The van der Waals surface area contributed by atoms with Gasteiger partial charge < -0.3 is 5.32 Å². The van der Waals surface area contributed by atoms with Crippen LogP contribution in [0.2, 0.25) is 0 Å². The maximum atomic E-state index is 3.46. The van der Waals surface area contributed by atoms with Gasteiger partial charge in [0.1, 0.15) is 0 Å². The first kappa shape index (κ1) is 11.2. The van der Waals surface area contributed by atoms with E-state index in [1.807, 2.05) is 0 Å². The Hall–Kier alpha value is -0.860. The Kier molecular flexibility index (Phi) is 3.17. The van der Waals surface area contributed by atoms with Crippen LogP contribution in [0.25, 0.3) is 0 Å². The number of hydrogen-bond donors (Lipinski definition) is 1. The summed E-state index contributed by atoms with van der Waals surface area (Å²) in [6, 6.07) is 13.3. The fourth-order valence-corrected chi connectivity index (χ4v) is 3.56. The van der Waals surface area contributed by atoms with Crippen LogP contribution in [0.4, 0.5) is 0 Å². The van der Waals surface area contributed by atoms with Crippen LogP contribution in [0, 0.1) is 0 Å². The first-order valence-corrected chi connectivity index (χ1v) is 6.84. The average Bonchev–Trinajstić information content (AvgIpc) is 2.63. The Morgan fingerprint density at radius 3 is 2.35 bits per heavy atom. The third kappa shape index (κ3) is 2.24. The standard InChI is InChI=1S/C15H22N2/c1-16-13-9-14-7-8-15(10-13)17(14)11-12-5-3-2-4-6-12/h2-6,13-16H,7-11H2,1H3. The lowest BCUT2D eigenvalue weighted by atomic mass is 9.97. The van der Waals surface area contributed by atoms with Crippen LogP contribution in [0.5, 0.6) is 0 Å². The molecule has 1 aromatic carbocycles. The Balaban J connectivity index is 1.69. The number of fused-ring (bicyclic) bond motifs is 2. The molecule has 2 fully saturated rings. The van der Waals surface area contributed by atoms with Crippen LogP contribution in [0.3, 0.4) is 0 Å². The van der Waals surface area contributed by atoms with Gasteiger partial charge in [-0.05, 0) is 38.3 Å². The summed E-state index contributed by atoms with van der Waals surface area (Å²) in [5.74, 6) is 0. The second kappa shape index (κ2) is 4.79. The maximum absolute atomic E-state index is 3.46. The quantitative estimate of drug-likeness (QED) is 0.858. The molecule has 0 radical (unpaired) electrons. The lowest BCUT2D eigenvalue weighted by Crippen LogP contribution is -2.47. The highest BCUT2D eigenvalue weighted by molar-refractivity contribution is 5.15. The largest absolute Gasteiger partial charge is 0.317 e. The normalized spacial score (nSPS) is 32.9. The van der Waals surface area contributed by atoms with Crippen molar-refractivity contribution < 1.29 is 0 Å². The molecular formula is C15H22N2. The molecule has 2 bridgehead atoms. The molecule has 17 heavy (non-hydrogen) atoms. The van der Waals surface area contributed by atoms with Crippen molar-refractivity contribution in [3.8, 4) is 0 Å². The smallest absolute Gasteiger partial charge is 0.0239 e. The van der Waals surface area contributed by atoms with Gasteiger partial charge in [-0.15, -0.1) is 0 Å². The highest BCUT2D eigenvalue weighted by atomic mass is 15.2. The zero-order valence-electron chi connectivity index (χ0n) is 10.6. The Morgan fingerprint density at radius 2 is 1.76 bits per heavy atom. The highest BCUT2D eigenvalue weighted by Crippen LogP contribution is 2.36. The average molecular weight is 230 g/mol. The summed E-state index contributed by atoms with van der Waals surface area (Å²) < 4.78 is 0. The van der Waals surface area contributed by atoms with Gasteiger partial charge in [-0.1, -0.05) is 30.3 Å². The number of rotatable bonds is 3. The lowest BCUT2D eigenvalue weighted by molar-refractivity contribution is 0.111. The number of nitrogens with one attached hydrogen (secondary N) is 1. The van der Waals surface area contributed by atoms with Gasteiger partial charge in [-0.3, -0.25) is 4.90 Å². The number of nitrogens with zero attached hydrogens (tertiary/aromatic N) is 1. The molecule has 2 heteroatoms.